The van der Waals surface area contributed by atoms with Gasteiger partial charge in [0.2, 0.25) is 0 Å². The van der Waals surface area contributed by atoms with E-state index in [1.54, 1.807) is 25.7 Å². The number of fused-ring (bicyclic) bond motifs is 14. The van der Waals surface area contributed by atoms with Gasteiger partial charge in [-0.3, -0.25) is 0 Å². The Balaban J connectivity index is 1.39. The van der Waals surface area contributed by atoms with Gasteiger partial charge >= 0.3 is 0 Å². The highest BCUT2D eigenvalue weighted by Crippen LogP contribution is 2.79. The lowest BCUT2D eigenvalue weighted by Crippen LogP contribution is -2.41. The van der Waals surface area contributed by atoms with Gasteiger partial charge in [0.1, 0.15) is 0 Å². The molecular formula is C23H36. The van der Waals surface area contributed by atoms with Crippen molar-refractivity contribution in [3.8, 4) is 0 Å². The van der Waals surface area contributed by atoms with Gasteiger partial charge in [0, 0.05) is 0 Å². The molecule has 6 aliphatic carbocycles. The average Bonchev–Trinajstić information content (AvgIpc) is 3.17. The molecule has 0 heteroatoms. The van der Waals surface area contributed by atoms with E-state index in [9.17, 15) is 0 Å². The molecule has 0 N–H and O–H groups in total. The monoisotopic (exact) mass is 312 g/mol. The van der Waals surface area contributed by atoms with Crippen LogP contribution in [-0.4, -0.2) is 0 Å². The van der Waals surface area contributed by atoms with Crippen LogP contribution in [0.2, 0.25) is 0 Å². The van der Waals surface area contributed by atoms with Crippen molar-refractivity contribution < 1.29 is 0 Å². The van der Waals surface area contributed by atoms with Crippen molar-refractivity contribution in [3.63, 3.8) is 0 Å². The minimum absolute atomic E-state index is 0.570. The summed E-state index contributed by atoms with van der Waals surface area (Å²) in [4.78, 5) is 0. The fourth-order valence-electron chi connectivity index (χ4n) is 10.4. The van der Waals surface area contributed by atoms with E-state index >= 15 is 0 Å². The van der Waals surface area contributed by atoms with Crippen LogP contribution in [-0.2, 0) is 0 Å². The smallest absolute Gasteiger partial charge is 0.0269 e. The molecule has 6 saturated carbocycles. The highest BCUT2D eigenvalue weighted by Gasteiger charge is 2.73. The van der Waals surface area contributed by atoms with Crippen molar-refractivity contribution in [2.75, 3.05) is 0 Å². The van der Waals surface area contributed by atoms with E-state index in [0.29, 0.717) is 10.8 Å². The number of hydrogen-bond acceptors (Lipinski definition) is 0. The second kappa shape index (κ2) is 3.88. The molecule has 0 aromatic rings. The molecule has 6 fully saturated rings. The molecule has 23 heavy (non-hydrogen) atoms. The summed E-state index contributed by atoms with van der Waals surface area (Å²) in [5.74, 6) is 12.4. The fourth-order valence-corrected chi connectivity index (χ4v) is 10.4. The fraction of sp³-hybridized carbons (Fsp3) is 1.00. The van der Waals surface area contributed by atoms with Crippen LogP contribution in [0.4, 0.5) is 0 Å². The van der Waals surface area contributed by atoms with Gasteiger partial charge in [-0.1, -0.05) is 34.6 Å². The summed E-state index contributed by atoms with van der Waals surface area (Å²) in [7, 11) is 0. The Labute approximate surface area is 143 Å². The molecule has 0 saturated heterocycles. The zero-order valence-electron chi connectivity index (χ0n) is 15.9. The Morgan fingerprint density at radius 3 is 2.13 bits per heavy atom. The van der Waals surface area contributed by atoms with E-state index in [1.807, 2.05) is 0 Å². The van der Waals surface area contributed by atoms with Crippen LogP contribution < -0.4 is 0 Å². The van der Waals surface area contributed by atoms with Crippen molar-refractivity contribution >= 4 is 0 Å². The SMILES string of the molecule is CC1CC2CC1C1CC3C4CC(C3C21)C1C4CC(C)(C)C1(C)C. The molecule has 0 nitrogen and oxygen atoms in total. The molecule has 128 valence electrons. The molecule has 0 radical (unpaired) electrons. The highest BCUT2D eigenvalue weighted by molar-refractivity contribution is 5.21. The lowest BCUT2D eigenvalue weighted by molar-refractivity contribution is 0.0180. The third kappa shape index (κ3) is 1.38. The Hall–Kier alpha value is 0. The number of hydrogen-bond donors (Lipinski definition) is 0. The molecule has 0 spiro atoms. The zero-order valence-corrected chi connectivity index (χ0v) is 15.9. The molecule has 0 aliphatic heterocycles. The van der Waals surface area contributed by atoms with Gasteiger partial charge < -0.3 is 0 Å². The molecule has 4 bridgehead atoms. The first kappa shape index (κ1) is 14.2. The largest absolute Gasteiger partial charge is 0.0622 e. The van der Waals surface area contributed by atoms with Crippen LogP contribution in [0.25, 0.3) is 0 Å². The zero-order chi connectivity index (χ0) is 15.9. The first-order chi connectivity index (χ1) is 10.8. The van der Waals surface area contributed by atoms with Gasteiger partial charge in [-0.15, -0.1) is 0 Å². The molecule has 6 rings (SSSR count). The van der Waals surface area contributed by atoms with E-state index in [4.69, 9.17) is 0 Å². The Kier molecular flexibility index (Phi) is 2.40. The predicted octanol–water partition coefficient (Wildman–Crippen LogP) is 5.87. The third-order valence-electron chi connectivity index (χ3n) is 11.4. The summed E-state index contributed by atoms with van der Waals surface area (Å²) in [6.07, 6.45) is 8.05. The van der Waals surface area contributed by atoms with Crippen molar-refractivity contribution in [2.24, 2.45) is 75.9 Å². The van der Waals surface area contributed by atoms with Gasteiger partial charge in [-0.2, -0.15) is 0 Å². The van der Waals surface area contributed by atoms with E-state index < -0.39 is 0 Å². The lowest BCUT2D eigenvalue weighted by Gasteiger charge is -2.46. The topological polar surface area (TPSA) is 0 Å². The lowest BCUT2D eigenvalue weighted by atomic mass is 9.59. The summed E-state index contributed by atoms with van der Waals surface area (Å²) < 4.78 is 0. The molecule has 0 heterocycles. The summed E-state index contributed by atoms with van der Waals surface area (Å²) in [6, 6.07) is 0. The molecule has 0 aromatic heterocycles. The van der Waals surface area contributed by atoms with Gasteiger partial charge in [0.15, 0.2) is 0 Å². The van der Waals surface area contributed by atoms with Crippen LogP contribution in [0.1, 0.15) is 66.7 Å². The molecule has 0 aromatic carbocycles. The maximum atomic E-state index is 2.64. The Morgan fingerprint density at radius 2 is 1.35 bits per heavy atom. The van der Waals surface area contributed by atoms with Gasteiger partial charge in [-0.05, 0) is 108 Å². The number of rotatable bonds is 0. The average molecular weight is 313 g/mol. The van der Waals surface area contributed by atoms with E-state index in [2.05, 4.69) is 34.6 Å². The van der Waals surface area contributed by atoms with Crippen molar-refractivity contribution in [2.45, 2.75) is 66.7 Å². The van der Waals surface area contributed by atoms with Gasteiger partial charge in [-0.25, -0.2) is 0 Å². The predicted molar refractivity (Wildman–Crippen MR) is 94.7 cm³/mol. The second-order valence-corrected chi connectivity index (χ2v) is 12.2. The molecular weight excluding hydrogens is 276 g/mol. The van der Waals surface area contributed by atoms with Crippen LogP contribution in [0.5, 0.6) is 0 Å². The normalized spacial score (nSPS) is 65.9. The standard InChI is InChI=1S/C23H36/c1-11-6-12-7-13(11)15-9-16-14-8-17(20(16)19(12)15)21-18(14)10-22(2,3)23(21,4)5/h11-21H,6-10H2,1-5H3. The van der Waals surface area contributed by atoms with Crippen molar-refractivity contribution in [1.82, 2.24) is 0 Å². The maximum absolute atomic E-state index is 2.64. The first-order valence-electron chi connectivity index (χ1n) is 10.8. The quantitative estimate of drug-likeness (QED) is 0.525. The Bertz CT molecular complexity index is 556. The minimum Gasteiger partial charge on any atom is -0.0622 e. The van der Waals surface area contributed by atoms with Crippen LogP contribution >= 0.6 is 0 Å². The molecule has 11 atom stereocenters. The molecule has 0 amide bonds. The second-order valence-electron chi connectivity index (χ2n) is 12.2. The summed E-state index contributed by atoms with van der Waals surface area (Å²) >= 11 is 0. The van der Waals surface area contributed by atoms with Crippen molar-refractivity contribution in [1.29, 1.82) is 0 Å². The summed E-state index contributed by atoms with van der Waals surface area (Å²) in [6.45, 7) is 13.0. The third-order valence-corrected chi connectivity index (χ3v) is 11.4. The Morgan fingerprint density at radius 1 is 0.652 bits per heavy atom. The molecule has 6 aliphatic rings. The summed E-state index contributed by atoms with van der Waals surface area (Å²) in [5.41, 5.74) is 1.14. The maximum Gasteiger partial charge on any atom is -0.0269 e. The van der Waals surface area contributed by atoms with Gasteiger partial charge in [0.05, 0.1) is 0 Å². The van der Waals surface area contributed by atoms with Crippen LogP contribution in [0.3, 0.4) is 0 Å². The summed E-state index contributed by atoms with van der Waals surface area (Å²) in [5, 5.41) is 0. The van der Waals surface area contributed by atoms with E-state index in [1.165, 1.54) is 24.2 Å². The first-order valence-corrected chi connectivity index (χ1v) is 10.8. The van der Waals surface area contributed by atoms with Gasteiger partial charge in [0.25, 0.3) is 0 Å². The van der Waals surface area contributed by atoms with E-state index in [-0.39, 0.29) is 0 Å². The molecule has 11 unspecified atom stereocenters. The highest BCUT2D eigenvalue weighted by atomic mass is 14.8. The van der Waals surface area contributed by atoms with Crippen LogP contribution in [0, 0.1) is 75.9 Å². The van der Waals surface area contributed by atoms with E-state index in [0.717, 1.165) is 47.3 Å². The van der Waals surface area contributed by atoms with Crippen molar-refractivity contribution in [3.05, 3.63) is 0 Å². The van der Waals surface area contributed by atoms with Crippen LogP contribution in [0.15, 0.2) is 0 Å². The minimum atomic E-state index is 0.570.